The van der Waals surface area contributed by atoms with E-state index in [1.54, 1.807) is 7.11 Å². The van der Waals surface area contributed by atoms with E-state index in [1.807, 2.05) is 0 Å². The first-order valence-electron chi connectivity index (χ1n) is 5.16. The fourth-order valence-electron chi connectivity index (χ4n) is 2.00. The molecule has 2 unspecified atom stereocenters. The van der Waals surface area contributed by atoms with E-state index >= 15 is 0 Å². The smallest absolute Gasteiger partial charge is 0.0663 e. The SMILES string of the molecule is COCC(C)N(C)C1(CN)CCOC1. The number of hydrogen-bond acceptors (Lipinski definition) is 4. The number of ether oxygens (including phenoxy) is 2. The number of nitrogens with zero attached hydrogens (tertiary/aromatic N) is 1. The quantitative estimate of drug-likeness (QED) is 0.685. The van der Waals surface area contributed by atoms with E-state index in [0.717, 1.165) is 26.2 Å². The molecule has 0 amide bonds. The minimum atomic E-state index is 0.0257. The van der Waals surface area contributed by atoms with E-state index in [1.165, 1.54) is 0 Å². The maximum atomic E-state index is 5.84. The van der Waals surface area contributed by atoms with Crippen molar-refractivity contribution < 1.29 is 9.47 Å². The predicted octanol–water partition coefficient (Wildman–Crippen LogP) is 0.0709. The van der Waals surface area contributed by atoms with Crippen molar-refractivity contribution in [3.8, 4) is 0 Å². The van der Waals surface area contributed by atoms with Crippen molar-refractivity contribution in [3.63, 3.8) is 0 Å². The Morgan fingerprint density at radius 1 is 1.64 bits per heavy atom. The molecule has 1 heterocycles. The molecule has 4 nitrogen and oxygen atoms in total. The van der Waals surface area contributed by atoms with Crippen LogP contribution in [0.5, 0.6) is 0 Å². The van der Waals surface area contributed by atoms with E-state index in [2.05, 4.69) is 18.9 Å². The third-order valence-electron chi connectivity index (χ3n) is 3.28. The Balaban J connectivity index is 2.59. The van der Waals surface area contributed by atoms with Crippen LogP contribution in [0.3, 0.4) is 0 Å². The lowest BCUT2D eigenvalue weighted by molar-refractivity contribution is 0.0296. The summed E-state index contributed by atoms with van der Waals surface area (Å²) in [6, 6.07) is 0.380. The van der Waals surface area contributed by atoms with Gasteiger partial charge in [0.25, 0.3) is 0 Å². The van der Waals surface area contributed by atoms with Gasteiger partial charge in [0.1, 0.15) is 0 Å². The van der Waals surface area contributed by atoms with Crippen LogP contribution in [0.1, 0.15) is 13.3 Å². The first kappa shape index (κ1) is 11.9. The summed E-state index contributed by atoms with van der Waals surface area (Å²) in [5, 5.41) is 0. The van der Waals surface area contributed by atoms with Gasteiger partial charge in [0.15, 0.2) is 0 Å². The highest BCUT2D eigenvalue weighted by atomic mass is 16.5. The molecule has 4 heteroatoms. The Morgan fingerprint density at radius 2 is 2.36 bits per heavy atom. The van der Waals surface area contributed by atoms with Gasteiger partial charge in [-0.3, -0.25) is 4.90 Å². The summed E-state index contributed by atoms with van der Waals surface area (Å²) in [6.45, 7) is 5.10. The molecule has 2 N–H and O–H groups in total. The summed E-state index contributed by atoms with van der Waals surface area (Å²) < 4.78 is 10.6. The van der Waals surface area contributed by atoms with Crippen LogP contribution in [0.15, 0.2) is 0 Å². The zero-order valence-electron chi connectivity index (χ0n) is 9.45. The average Bonchev–Trinajstić information content (AvgIpc) is 2.66. The molecule has 1 saturated heterocycles. The number of nitrogens with two attached hydrogens (primary N) is 1. The Bertz CT molecular complexity index is 170. The molecule has 0 radical (unpaired) electrons. The molecule has 0 spiro atoms. The fraction of sp³-hybridized carbons (Fsp3) is 1.00. The monoisotopic (exact) mass is 202 g/mol. The molecule has 1 aliphatic heterocycles. The molecule has 0 aliphatic carbocycles. The van der Waals surface area contributed by atoms with E-state index in [-0.39, 0.29) is 5.54 Å². The van der Waals surface area contributed by atoms with Crippen LogP contribution in [0.2, 0.25) is 0 Å². The average molecular weight is 202 g/mol. The second-order valence-corrected chi connectivity index (χ2v) is 4.15. The van der Waals surface area contributed by atoms with Crippen molar-refractivity contribution in [2.45, 2.75) is 24.9 Å². The van der Waals surface area contributed by atoms with Crippen LogP contribution in [0, 0.1) is 0 Å². The van der Waals surface area contributed by atoms with Crippen LogP contribution in [-0.4, -0.2) is 57.0 Å². The molecule has 1 aliphatic rings. The summed E-state index contributed by atoms with van der Waals surface area (Å²) in [5.41, 5.74) is 5.87. The Hall–Kier alpha value is -0.160. The summed E-state index contributed by atoms with van der Waals surface area (Å²) >= 11 is 0. The molecule has 14 heavy (non-hydrogen) atoms. The lowest BCUT2D eigenvalue weighted by Gasteiger charge is -2.40. The molecule has 2 atom stereocenters. The maximum absolute atomic E-state index is 5.84. The summed E-state index contributed by atoms with van der Waals surface area (Å²) in [7, 11) is 3.83. The Morgan fingerprint density at radius 3 is 2.79 bits per heavy atom. The molecular weight excluding hydrogens is 180 g/mol. The first-order valence-corrected chi connectivity index (χ1v) is 5.16. The normalized spacial score (nSPS) is 29.8. The minimum Gasteiger partial charge on any atom is -0.383 e. The van der Waals surface area contributed by atoms with Crippen LogP contribution in [0.25, 0.3) is 0 Å². The lowest BCUT2D eigenvalue weighted by atomic mass is 9.95. The van der Waals surface area contributed by atoms with Crippen molar-refractivity contribution in [1.82, 2.24) is 4.90 Å². The molecule has 0 aromatic heterocycles. The number of hydrogen-bond donors (Lipinski definition) is 1. The van der Waals surface area contributed by atoms with E-state index in [9.17, 15) is 0 Å². The molecule has 0 aromatic carbocycles. The van der Waals surface area contributed by atoms with Crippen LogP contribution in [-0.2, 0) is 9.47 Å². The number of rotatable bonds is 5. The van der Waals surface area contributed by atoms with Gasteiger partial charge in [0, 0.05) is 26.3 Å². The standard InChI is InChI=1S/C10H22N2O2/c1-9(6-13-3)12(2)10(7-11)4-5-14-8-10/h9H,4-8,11H2,1-3H3. The van der Waals surface area contributed by atoms with Gasteiger partial charge in [-0.25, -0.2) is 0 Å². The van der Waals surface area contributed by atoms with Gasteiger partial charge < -0.3 is 15.2 Å². The maximum Gasteiger partial charge on any atom is 0.0663 e. The molecule has 0 saturated carbocycles. The van der Waals surface area contributed by atoms with Gasteiger partial charge >= 0.3 is 0 Å². The zero-order chi connectivity index (χ0) is 10.6. The topological polar surface area (TPSA) is 47.7 Å². The highest BCUT2D eigenvalue weighted by molar-refractivity contribution is 4.95. The van der Waals surface area contributed by atoms with Crippen LogP contribution < -0.4 is 5.73 Å². The van der Waals surface area contributed by atoms with Gasteiger partial charge in [0.2, 0.25) is 0 Å². The van der Waals surface area contributed by atoms with Crippen molar-refractivity contribution in [2.75, 3.05) is 40.5 Å². The van der Waals surface area contributed by atoms with Crippen LogP contribution >= 0.6 is 0 Å². The fourth-order valence-corrected chi connectivity index (χ4v) is 2.00. The minimum absolute atomic E-state index is 0.0257. The highest BCUT2D eigenvalue weighted by Gasteiger charge is 2.39. The van der Waals surface area contributed by atoms with Gasteiger partial charge in [-0.1, -0.05) is 0 Å². The highest BCUT2D eigenvalue weighted by Crippen LogP contribution is 2.25. The van der Waals surface area contributed by atoms with Crippen molar-refractivity contribution >= 4 is 0 Å². The van der Waals surface area contributed by atoms with E-state index < -0.39 is 0 Å². The predicted molar refractivity (Wildman–Crippen MR) is 56.3 cm³/mol. The van der Waals surface area contributed by atoms with Gasteiger partial charge in [0.05, 0.1) is 18.8 Å². The molecule has 0 aromatic rings. The Kier molecular flexibility index (Phi) is 4.31. The zero-order valence-corrected chi connectivity index (χ0v) is 9.45. The molecule has 1 fully saturated rings. The molecule has 0 bridgehead atoms. The van der Waals surface area contributed by atoms with Gasteiger partial charge in [-0.05, 0) is 20.4 Å². The number of likely N-dealkylation sites (N-methyl/N-ethyl adjacent to an activating group) is 1. The molecular formula is C10H22N2O2. The van der Waals surface area contributed by atoms with Crippen molar-refractivity contribution in [2.24, 2.45) is 5.73 Å². The van der Waals surface area contributed by atoms with Crippen molar-refractivity contribution in [1.29, 1.82) is 0 Å². The second-order valence-electron chi connectivity index (χ2n) is 4.15. The first-order chi connectivity index (χ1) is 6.66. The third-order valence-corrected chi connectivity index (χ3v) is 3.28. The van der Waals surface area contributed by atoms with Crippen LogP contribution in [0.4, 0.5) is 0 Å². The Labute approximate surface area is 86.3 Å². The molecule has 84 valence electrons. The summed E-state index contributed by atoms with van der Waals surface area (Å²) in [4.78, 5) is 2.30. The number of methoxy groups -OCH3 is 1. The lowest BCUT2D eigenvalue weighted by Crippen LogP contribution is -2.56. The largest absolute Gasteiger partial charge is 0.383 e. The van der Waals surface area contributed by atoms with E-state index in [4.69, 9.17) is 15.2 Å². The van der Waals surface area contributed by atoms with E-state index in [0.29, 0.717) is 12.6 Å². The molecule has 1 rings (SSSR count). The van der Waals surface area contributed by atoms with Crippen molar-refractivity contribution in [3.05, 3.63) is 0 Å². The summed E-state index contributed by atoms with van der Waals surface area (Å²) in [6.07, 6.45) is 1.02. The van der Waals surface area contributed by atoms with Gasteiger partial charge in [-0.15, -0.1) is 0 Å². The third kappa shape index (κ3) is 2.25. The second kappa shape index (κ2) is 5.07. The summed E-state index contributed by atoms with van der Waals surface area (Å²) in [5.74, 6) is 0. The van der Waals surface area contributed by atoms with Gasteiger partial charge in [-0.2, -0.15) is 0 Å².